The van der Waals surface area contributed by atoms with Gasteiger partial charge in [-0.1, -0.05) is 42.1 Å². The Morgan fingerprint density at radius 2 is 1.77 bits per heavy atom. The quantitative estimate of drug-likeness (QED) is 0.678. The number of nitrogens with zero attached hydrogens (tertiary/aromatic N) is 1. The average molecular weight is 431 g/mol. The summed E-state index contributed by atoms with van der Waals surface area (Å²) in [4.78, 5) is 5.71. The Morgan fingerprint density at radius 1 is 1.00 bits per heavy atom. The van der Waals surface area contributed by atoms with Crippen LogP contribution in [0.15, 0.2) is 47.6 Å². The molecular weight excluding hydrogens is 402 g/mol. The average Bonchev–Trinajstić information content (AvgIpc) is 3.33. The first-order valence-electron chi connectivity index (χ1n) is 10.6. The van der Waals surface area contributed by atoms with Gasteiger partial charge in [0.1, 0.15) is 24.4 Å². The zero-order valence-corrected chi connectivity index (χ0v) is 18.3. The molecule has 4 aliphatic heterocycles. The first kappa shape index (κ1) is 21.1. The summed E-state index contributed by atoms with van der Waals surface area (Å²) < 4.78 is 36.3. The van der Waals surface area contributed by atoms with Crippen molar-refractivity contribution in [1.29, 1.82) is 0 Å². The third-order valence-corrected chi connectivity index (χ3v) is 5.80. The Bertz CT molecular complexity index is 868. The van der Waals surface area contributed by atoms with Crippen molar-refractivity contribution >= 4 is 5.71 Å². The molecule has 1 aromatic rings. The molecule has 6 atom stereocenters. The molecule has 5 rings (SSSR count). The highest BCUT2D eigenvalue weighted by molar-refractivity contribution is 6.01. The molecule has 0 saturated carbocycles. The van der Waals surface area contributed by atoms with Crippen molar-refractivity contribution in [2.75, 3.05) is 6.61 Å². The highest BCUT2D eigenvalue weighted by Gasteiger charge is 2.59. The summed E-state index contributed by atoms with van der Waals surface area (Å²) in [6, 6.07) is 9.88. The smallest absolute Gasteiger partial charge is 0.249 e. The molecule has 0 N–H and O–H groups in total. The van der Waals surface area contributed by atoms with E-state index < -0.39 is 42.5 Å². The molecule has 0 aliphatic carbocycles. The summed E-state index contributed by atoms with van der Waals surface area (Å²) >= 11 is 0. The van der Waals surface area contributed by atoms with Crippen LogP contribution in [0, 0.1) is 0 Å². The lowest BCUT2D eigenvalue weighted by atomic mass is 10.0. The van der Waals surface area contributed by atoms with E-state index in [0.717, 1.165) is 16.8 Å². The maximum absolute atomic E-state index is 6.35. The molecule has 0 unspecified atom stereocenters. The van der Waals surface area contributed by atoms with Crippen molar-refractivity contribution in [3.8, 4) is 0 Å². The molecule has 8 nitrogen and oxygen atoms in total. The summed E-state index contributed by atoms with van der Waals surface area (Å²) in [5, 5.41) is 4.30. The summed E-state index contributed by atoms with van der Waals surface area (Å²) in [5.74, 6) is -1.45. The van der Waals surface area contributed by atoms with E-state index in [9.17, 15) is 0 Å². The molecule has 0 bridgehead atoms. The first-order chi connectivity index (χ1) is 14.7. The molecule has 4 aliphatic rings. The van der Waals surface area contributed by atoms with Gasteiger partial charge in [-0.3, -0.25) is 0 Å². The third-order valence-electron chi connectivity index (χ3n) is 5.80. The highest BCUT2D eigenvalue weighted by Crippen LogP contribution is 2.43. The van der Waals surface area contributed by atoms with E-state index in [2.05, 4.69) is 11.7 Å². The maximum atomic E-state index is 6.35. The van der Waals surface area contributed by atoms with Gasteiger partial charge >= 0.3 is 0 Å². The SMILES string of the molecule is C=C1CC(c2ccccc2)=NO[C@@H]1O[C@@H]1[C@H]2OC(C)(C)O[C@H]2O[C@@H]1[C@H]1COC(C)(C)O1. The topological polar surface area (TPSA) is 77.0 Å². The van der Waals surface area contributed by atoms with E-state index in [1.807, 2.05) is 58.0 Å². The third kappa shape index (κ3) is 4.16. The monoisotopic (exact) mass is 431 g/mol. The van der Waals surface area contributed by atoms with E-state index in [0.29, 0.717) is 13.0 Å². The lowest BCUT2D eigenvalue weighted by Crippen LogP contribution is -2.46. The Kier molecular flexibility index (Phi) is 5.20. The van der Waals surface area contributed by atoms with E-state index in [1.165, 1.54) is 0 Å². The molecule has 3 saturated heterocycles. The Hall–Kier alpha value is -1.81. The number of ether oxygens (including phenoxy) is 6. The number of rotatable bonds is 4. The van der Waals surface area contributed by atoms with Gasteiger partial charge in [0.25, 0.3) is 0 Å². The van der Waals surface area contributed by atoms with Gasteiger partial charge < -0.3 is 33.3 Å². The minimum atomic E-state index is -0.767. The molecule has 0 amide bonds. The number of benzene rings is 1. The lowest BCUT2D eigenvalue weighted by Gasteiger charge is -2.32. The zero-order valence-electron chi connectivity index (χ0n) is 18.3. The number of oxime groups is 1. The Morgan fingerprint density at radius 3 is 2.45 bits per heavy atom. The van der Waals surface area contributed by atoms with Crippen LogP contribution in [0.25, 0.3) is 0 Å². The predicted molar refractivity (Wildman–Crippen MR) is 110 cm³/mol. The van der Waals surface area contributed by atoms with Crippen LogP contribution in [0.1, 0.15) is 39.7 Å². The molecule has 168 valence electrons. The molecule has 4 heterocycles. The van der Waals surface area contributed by atoms with Crippen LogP contribution in [0.3, 0.4) is 0 Å². The maximum Gasteiger partial charge on any atom is 0.249 e. The van der Waals surface area contributed by atoms with Gasteiger partial charge in [0.05, 0.1) is 12.3 Å². The molecule has 8 heteroatoms. The van der Waals surface area contributed by atoms with Crippen molar-refractivity contribution in [3.05, 3.63) is 48.0 Å². The van der Waals surface area contributed by atoms with Crippen LogP contribution < -0.4 is 0 Å². The number of fused-ring (bicyclic) bond motifs is 1. The van der Waals surface area contributed by atoms with Crippen LogP contribution in [-0.2, 0) is 33.3 Å². The van der Waals surface area contributed by atoms with Gasteiger partial charge in [-0.25, -0.2) is 0 Å². The van der Waals surface area contributed by atoms with E-state index in [-0.39, 0.29) is 6.10 Å². The fourth-order valence-corrected chi connectivity index (χ4v) is 4.40. The molecule has 0 radical (unpaired) electrons. The van der Waals surface area contributed by atoms with Crippen molar-refractivity contribution in [3.63, 3.8) is 0 Å². The van der Waals surface area contributed by atoms with E-state index in [4.69, 9.17) is 33.3 Å². The molecule has 1 aromatic carbocycles. The zero-order chi connectivity index (χ0) is 21.8. The summed E-state index contributed by atoms with van der Waals surface area (Å²) in [7, 11) is 0. The number of hydrogen-bond acceptors (Lipinski definition) is 8. The lowest BCUT2D eigenvalue weighted by molar-refractivity contribution is -0.251. The minimum absolute atomic E-state index is 0.318. The highest BCUT2D eigenvalue weighted by atomic mass is 16.9. The van der Waals surface area contributed by atoms with Gasteiger partial charge in [-0.2, -0.15) is 0 Å². The number of hydrogen-bond donors (Lipinski definition) is 0. The van der Waals surface area contributed by atoms with Crippen molar-refractivity contribution in [1.82, 2.24) is 0 Å². The van der Waals surface area contributed by atoms with Crippen LogP contribution in [-0.4, -0.2) is 60.9 Å². The second-order valence-electron chi connectivity index (χ2n) is 9.21. The fourth-order valence-electron chi connectivity index (χ4n) is 4.40. The van der Waals surface area contributed by atoms with Crippen LogP contribution in [0.4, 0.5) is 0 Å². The van der Waals surface area contributed by atoms with E-state index in [1.54, 1.807) is 0 Å². The summed E-state index contributed by atoms with van der Waals surface area (Å²) in [6.45, 7) is 12.0. The molecular formula is C23H29NO7. The predicted octanol–water partition coefficient (Wildman–Crippen LogP) is 3.11. The summed E-state index contributed by atoms with van der Waals surface area (Å²) in [5.41, 5.74) is 2.59. The van der Waals surface area contributed by atoms with Crippen LogP contribution >= 0.6 is 0 Å². The van der Waals surface area contributed by atoms with Crippen molar-refractivity contribution in [2.24, 2.45) is 5.16 Å². The second-order valence-corrected chi connectivity index (χ2v) is 9.21. The van der Waals surface area contributed by atoms with Gasteiger partial charge in [-0.05, 0) is 38.8 Å². The van der Waals surface area contributed by atoms with Crippen molar-refractivity contribution < 1.29 is 33.3 Å². The molecule has 3 fully saturated rings. The van der Waals surface area contributed by atoms with Crippen LogP contribution in [0.2, 0.25) is 0 Å². The normalized spacial score (nSPS) is 38.6. The molecule has 0 spiro atoms. The fraction of sp³-hybridized carbons (Fsp3) is 0.609. The standard InChI is InChI=1S/C23H29NO7/c1-13-11-15(14-9-7-6-8-10-14)24-31-20(13)27-18-17(16-12-25-22(2,3)28-16)26-21-19(18)29-23(4,5)30-21/h6-10,16-21H,1,11-12H2,2-5H3/t16-,17-,18+,19-,20+,21-/m1/s1. The molecule has 0 aromatic heterocycles. The Balaban J connectivity index is 1.34. The van der Waals surface area contributed by atoms with E-state index >= 15 is 0 Å². The summed E-state index contributed by atoms with van der Waals surface area (Å²) in [6.07, 6.45) is -2.40. The van der Waals surface area contributed by atoms with Crippen molar-refractivity contribution in [2.45, 2.75) is 82.7 Å². The second kappa shape index (κ2) is 7.65. The minimum Gasteiger partial charge on any atom is -0.359 e. The van der Waals surface area contributed by atoms with Gasteiger partial charge in [0, 0.05) is 6.42 Å². The molecule has 31 heavy (non-hydrogen) atoms. The first-order valence-corrected chi connectivity index (χ1v) is 10.6. The Labute approximate surface area is 182 Å². The van der Waals surface area contributed by atoms with Crippen LogP contribution in [0.5, 0.6) is 0 Å². The van der Waals surface area contributed by atoms with Gasteiger partial charge in [0.15, 0.2) is 17.9 Å². The largest absolute Gasteiger partial charge is 0.359 e. The van der Waals surface area contributed by atoms with Gasteiger partial charge in [0.2, 0.25) is 6.29 Å². The van der Waals surface area contributed by atoms with Gasteiger partial charge in [-0.15, -0.1) is 0 Å².